The Morgan fingerprint density at radius 1 is 1.39 bits per heavy atom. The highest BCUT2D eigenvalue weighted by Gasteiger charge is 2.19. The molecule has 0 radical (unpaired) electrons. The maximum Gasteiger partial charge on any atom is 0.244 e. The van der Waals surface area contributed by atoms with Gasteiger partial charge in [-0.25, -0.2) is 13.1 Å². The number of nitrogens with one attached hydrogen (secondary N) is 1. The Kier molecular flexibility index (Phi) is 3.44. The van der Waals surface area contributed by atoms with Gasteiger partial charge < -0.3 is 0 Å². The van der Waals surface area contributed by atoms with E-state index in [9.17, 15) is 8.42 Å². The summed E-state index contributed by atoms with van der Waals surface area (Å²) >= 11 is 0. The highest BCUT2D eigenvalue weighted by molar-refractivity contribution is 7.89. The summed E-state index contributed by atoms with van der Waals surface area (Å²) in [5.41, 5.74) is 1.41. The number of hydrogen-bond acceptors (Lipinski definition) is 4. The van der Waals surface area contributed by atoms with Crippen molar-refractivity contribution < 1.29 is 8.42 Å². The molecule has 0 saturated carbocycles. The summed E-state index contributed by atoms with van der Waals surface area (Å²) in [4.78, 5) is 4.13. The number of aryl methyl sites for hydroxylation is 1. The van der Waals surface area contributed by atoms with E-state index in [1.165, 1.54) is 10.9 Å². The minimum atomic E-state index is -3.53. The van der Waals surface area contributed by atoms with Crippen molar-refractivity contribution in [3.63, 3.8) is 0 Å². The van der Waals surface area contributed by atoms with Crippen LogP contribution in [0.4, 0.5) is 0 Å². The van der Waals surface area contributed by atoms with Gasteiger partial charge in [-0.1, -0.05) is 6.07 Å². The first-order valence-corrected chi connectivity index (χ1v) is 6.86. The Morgan fingerprint density at radius 2 is 2.17 bits per heavy atom. The fourth-order valence-corrected chi connectivity index (χ4v) is 2.72. The van der Waals surface area contributed by atoms with Crippen molar-refractivity contribution in [2.75, 3.05) is 0 Å². The maximum atomic E-state index is 12.1. The van der Waals surface area contributed by atoms with Crippen LogP contribution in [0.5, 0.6) is 0 Å². The molecular formula is C11H14N4O2S. The van der Waals surface area contributed by atoms with Crippen molar-refractivity contribution in [1.29, 1.82) is 0 Å². The topological polar surface area (TPSA) is 76.9 Å². The first-order chi connectivity index (χ1) is 8.50. The largest absolute Gasteiger partial charge is 0.272 e. The Labute approximate surface area is 106 Å². The lowest BCUT2D eigenvalue weighted by atomic mass is 10.3. The van der Waals surface area contributed by atoms with Crippen LogP contribution in [-0.2, 0) is 23.6 Å². The zero-order valence-corrected chi connectivity index (χ0v) is 11.0. The van der Waals surface area contributed by atoms with E-state index in [-0.39, 0.29) is 11.4 Å². The molecule has 2 aromatic heterocycles. The number of nitrogens with zero attached hydrogens (tertiary/aromatic N) is 3. The highest BCUT2D eigenvalue weighted by Crippen LogP contribution is 2.13. The molecule has 0 saturated heterocycles. The second-order valence-electron chi connectivity index (χ2n) is 3.90. The Hall–Kier alpha value is -1.73. The Bertz CT molecular complexity index is 634. The number of pyridine rings is 1. The van der Waals surface area contributed by atoms with E-state index in [0.29, 0.717) is 5.69 Å². The van der Waals surface area contributed by atoms with E-state index in [0.717, 1.165) is 5.56 Å². The number of aromatic nitrogens is 3. The lowest BCUT2D eigenvalue weighted by molar-refractivity contribution is 0.580. The van der Waals surface area contributed by atoms with Crippen molar-refractivity contribution in [1.82, 2.24) is 19.5 Å². The average Bonchev–Trinajstić information content (AvgIpc) is 2.70. The summed E-state index contributed by atoms with van der Waals surface area (Å²) in [6, 6.07) is 3.57. The highest BCUT2D eigenvalue weighted by atomic mass is 32.2. The van der Waals surface area contributed by atoms with Crippen LogP contribution in [0.2, 0.25) is 0 Å². The molecule has 1 N–H and O–H groups in total. The molecule has 0 aliphatic rings. The minimum Gasteiger partial charge on any atom is -0.272 e. The molecule has 0 unspecified atom stereocenters. The van der Waals surface area contributed by atoms with E-state index in [1.54, 1.807) is 32.4 Å². The van der Waals surface area contributed by atoms with Crippen molar-refractivity contribution in [3.05, 3.63) is 42.0 Å². The average molecular weight is 266 g/mol. The molecule has 0 aromatic carbocycles. The molecule has 0 fully saturated rings. The van der Waals surface area contributed by atoms with Gasteiger partial charge in [0.05, 0.1) is 11.9 Å². The molecule has 0 spiro atoms. The van der Waals surface area contributed by atoms with Gasteiger partial charge in [0.25, 0.3) is 0 Å². The predicted octanol–water partition coefficient (Wildman–Crippen LogP) is 0.602. The van der Waals surface area contributed by atoms with E-state index in [1.807, 2.05) is 6.07 Å². The molecule has 96 valence electrons. The van der Waals surface area contributed by atoms with E-state index in [4.69, 9.17) is 0 Å². The summed E-state index contributed by atoms with van der Waals surface area (Å²) in [6.07, 6.45) is 4.61. The van der Waals surface area contributed by atoms with Gasteiger partial charge in [-0.3, -0.25) is 9.67 Å². The molecule has 2 aromatic rings. The number of sulfonamides is 1. The fraction of sp³-hybridized carbons (Fsp3) is 0.273. The fourth-order valence-electron chi connectivity index (χ4n) is 1.50. The van der Waals surface area contributed by atoms with Crippen LogP contribution in [0.3, 0.4) is 0 Å². The Balaban J connectivity index is 2.16. The molecule has 7 heteroatoms. The summed E-state index contributed by atoms with van der Waals surface area (Å²) in [7, 11) is -1.83. The van der Waals surface area contributed by atoms with Crippen LogP contribution in [-0.4, -0.2) is 23.2 Å². The van der Waals surface area contributed by atoms with Crippen LogP contribution < -0.4 is 4.72 Å². The molecule has 0 bridgehead atoms. The molecule has 6 nitrogen and oxygen atoms in total. The maximum absolute atomic E-state index is 12.1. The SMILES string of the molecule is Cc1c(S(=O)(=O)NCc2cccnc2)cnn1C. The Morgan fingerprint density at radius 3 is 2.72 bits per heavy atom. The predicted molar refractivity (Wildman–Crippen MR) is 66.2 cm³/mol. The normalized spacial score (nSPS) is 11.7. The molecule has 0 atom stereocenters. The lowest BCUT2D eigenvalue weighted by Crippen LogP contribution is -2.23. The van der Waals surface area contributed by atoms with Gasteiger partial charge in [0.1, 0.15) is 4.90 Å². The van der Waals surface area contributed by atoms with Gasteiger partial charge in [-0.15, -0.1) is 0 Å². The molecule has 0 aliphatic heterocycles. The second-order valence-corrected chi connectivity index (χ2v) is 5.64. The minimum absolute atomic E-state index is 0.203. The molecule has 2 rings (SSSR count). The van der Waals surface area contributed by atoms with Gasteiger partial charge in [0.2, 0.25) is 10.0 Å². The van der Waals surface area contributed by atoms with Gasteiger partial charge in [0.15, 0.2) is 0 Å². The van der Waals surface area contributed by atoms with Crippen molar-refractivity contribution in [2.45, 2.75) is 18.4 Å². The lowest BCUT2D eigenvalue weighted by Gasteiger charge is -2.05. The molecule has 0 aliphatic carbocycles. The third-order valence-corrected chi connectivity index (χ3v) is 4.17. The van der Waals surface area contributed by atoms with Crippen molar-refractivity contribution >= 4 is 10.0 Å². The van der Waals surface area contributed by atoms with E-state index in [2.05, 4.69) is 14.8 Å². The van der Waals surface area contributed by atoms with Crippen LogP contribution in [0, 0.1) is 6.92 Å². The van der Waals surface area contributed by atoms with Gasteiger partial charge in [0, 0.05) is 26.0 Å². The zero-order chi connectivity index (χ0) is 13.2. The van der Waals surface area contributed by atoms with Gasteiger partial charge in [-0.05, 0) is 18.6 Å². The first kappa shape index (κ1) is 12.7. The van der Waals surface area contributed by atoms with E-state index >= 15 is 0 Å². The summed E-state index contributed by atoms with van der Waals surface area (Å²) in [6.45, 7) is 1.93. The third kappa shape index (κ3) is 2.57. The van der Waals surface area contributed by atoms with Crippen molar-refractivity contribution in [2.24, 2.45) is 7.05 Å². The zero-order valence-electron chi connectivity index (χ0n) is 10.2. The second kappa shape index (κ2) is 4.87. The smallest absolute Gasteiger partial charge is 0.244 e. The van der Waals surface area contributed by atoms with Gasteiger partial charge >= 0.3 is 0 Å². The monoisotopic (exact) mass is 266 g/mol. The summed E-state index contributed by atoms with van der Waals surface area (Å²) < 4.78 is 28.2. The molecule has 0 amide bonds. The van der Waals surface area contributed by atoms with Crippen molar-refractivity contribution in [3.8, 4) is 0 Å². The quantitative estimate of drug-likeness (QED) is 0.879. The molecule has 18 heavy (non-hydrogen) atoms. The van der Waals surface area contributed by atoms with E-state index < -0.39 is 10.0 Å². The summed E-state index contributed by atoms with van der Waals surface area (Å²) in [5.74, 6) is 0. The number of hydrogen-bond donors (Lipinski definition) is 1. The molecule has 2 heterocycles. The van der Waals surface area contributed by atoms with Crippen LogP contribution in [0.25, 0.3) is 0 Å². The third-order valence-electron chi connectivity index (χ3n) is 2.67. The summed E-state index contributed by atoms with van der Waals surface area (Å²) in [5, 5.41) is 3.92. The molecular weight excluding hydrogens is 252 g/mol. The van der Waals surface area contributed by atoms with Crippen LogP contribution in [0.1, 0.15) is 11.3 Å². The first-order valence-electron chi connectivity index (χ1n) is 5.38. The standard InChI is InChI=1S/C11H14N4O2S/c1-9-11(8-13-15(9)2)18(16,17)14-7-10-4-3-5-12-6-10/h3-6,8,14H,7H2,1-2H3. The van der Waals surface area contributed by atoms with Gasteiger partial charge in [-0.2, -0.15) is 5.10 Å². The van der Waals surface area contributed by atoms with Crippen LogP contribution >= 0.6 is 0 Å². The number of rotatable bonds is 4. The van der Waals surface area contributed by atoms with Crippen LogP contribution in [0.15, 0.2) is 35.6 Å².